The number of rotatable bonds is 1. The molecule has 4 nitrogen and oxygen atoms in total. The average Bonchev–Trinajstić information content (AvgIpc) is 2.67. The molecule has 0 radical (unpaired) electrons. The SMILES string of the molecule is COc1cccc2oc3ccc(C#CC4(O)CCCCC4)cc3c(=O)c12. The van der Waals surface area contributed by atoms with Crippen molar-refractivity contribution in [1.82, 2.24) is 0 Å². The number of hydrogen-bond acceptors (Lipinski definition) is 4. The van der Waals surface area contributed by atoms with Gasteiger partial charge >= 0.3 is 0 Å². The molecular formula is C22H20O4. The van der Waals surface area contributed by atoms with Gasteiger partial charge in [-0.1, -0.05) is 24.3 Å². The Morgan fingerprint density at radius 2 is 1.92 bits per heavy atom. The van der Waals surface area contributed by atoms with Gasteiger partial charge in [0.2, 0.25) is 5.43 Å². The number of hydrogen-bond donors (Lipinski definition) is 1. The molecule has 1 aromatic heterocycles. The molecule has 132 valence electrons. The van der Waals surface area contributed by atoms with Gasteiger partial charge in [-0.25, -0.2) is 0 Å². The maximum atomic E-state index is 13.0. The molecule has 1 fully saturated rings. The molecule has 0 unspecified atom stereocenters. The van der Waals surface area contributed by atoms with Crippen LogP contribution in [0, 0.1) is 11.8 Å². The van der Waals surface area contributed by atoms with E-state index < -0.39 is 5.60 Å². The van der Waals surface area contributed by atoms with Crippen LogP contribution < -0.4 is 10.2 Å². The van der Waals surface area contributed by atoms with E-state index in [2.05, 4.69) is 11.8 Å². The first kappa shape index (κ1) is 16.7. The summed E-state index contributed by atoms with van der Waals surface area (Å²) in [4.78, 5) is 13.0. The summed E-state index contributed by atoms with van der Waals surface area (Å²) in [7, 11) is 1.53. The summed E-state index contributed by atoms with van der Waals surface area (Å²) < 4.78 is 11.2. The maximum absolute atomic E-state index is 13.0. The first-order valence-corrected chi connectivity index (χ1v) is 8.89. The van der Waals surface area contributed by atoms with Gasteiger partial charge in [0.15, 0.2) is 0 Å². The van der Waals surface area contributed by atoms with Crippen LogP contribution in [0.5, 0.6) is 5.75 Å². The molecule has 0 amide bonds. The van der Waals surface area contributed by atoms with Crippen molar-refractivity contribution >= 4 is 21.9 Å². The van der Waals surface area contributed by atoms with Gasteiger partial charge in [0.05, 0.1) is 12.5 Å². The van der Waals surface area contributed by atoms with Crippen LogP contribution >= 0.6 is 0 Å². The van der Waals surface area contributed by atoms with Gasteiger partial charge < -0.3 is 14.3 Å². The molecule has 26 heavy (non-hydrogen) atoms. The van der Waals surface area contributed by atoms with Crippen LogP contribution in [-0.2, 0) is 0 Å². The van der Waals surface area contributed by atoms with E-state index in [0.29, 0.717) is 46.1 Å². The van der Waals surface area contributed by atoms with Gasteiger partial charge in [-0.3, -0.25) is 4.79 Å². The second-order valence-corrected chi connectivity index (χ2v) is 6.82. The Morgan fingerprint density at radius 3 is 2.69 bits per heavy atom. The molecule has 1 aliphatic carbocycles. The lowest BCUT2D eigenvalue weighted by Gasteiger charge is -2.26. The van der Waals surface area contributed by atoms with E-state index in [1.165, 1.54) is 7.11 Å². The third-order valence-electron chi connectivity index (χ3n) is 5.00. The lowest BCUT2D eigenvalue weighted by atomic mass is 9.85. The second kappa shape index (κ2) is 6.51. The van der Waals surface area contributed by atoms with Crippen molar-refractivity contribution in [1.29, 1.82) is 0 Å². The Hall–Kier alpha value is -2.77. The quantitative estimate of drug-likeness (QED) is 0.533. The first-order chi connectivity index (χ1) is 12.6. The van der Waals surface area contributed by atoms with Gasteiger partial charge in [0.1, 0.15) is 27.9 Å². The van der Waals surface area contributed by atoms with Crippen LogP contribution in [-0.4, -0.2) is 17.8 Å². The van der Waals surface area contributed by atoms with Gasteiger partial charge in [-0.15, -0.1) is 0 Å². The van der Waals surface area contributed by atoms with Crippen molar-refractivity contribution in [2.24, 2.45) is 0 Å². The molecule has 0 aliphatic heterocycles. The van der Waals surface area contributed by atoms with Crippen molar-refractivity contribution in [2.75, 3.05) is 7.11 Å². The molecule has 2 aromatic carbocycles. The summed E-state index contributed by atoms with van der Waals surface area (Å²) >= 11 is 0. The Kier molecular flexibility index (Phi) is 4.18. The fraction of sp³-hybridized carbons (Fsp3) is 0.318. The van der Waals surface area contributed by atoms with E-state index in [1.807, 2.05) is 6.07 Å². The van der Waals surface area contributed by atoms with Gasteiger partial charge in [-0.05, 0) is 56.0 Å². The highest BCUT2D eigenvalue weighted by molar-refractivity contribution is 5.93. The van der Waals surface area contributed by atoms with Gasteiger partial charge in [-0.2, -0.15) is 0 Å². The lowest BCUT2D eigenvalue weighted by Crippen LogP contribution is -2.29. The first-order valence-electron chi connectivity index (χ1n) is 8.89. The van der Waals surface area contributed by atoms with E-state index in [4.69, 9.17) is 9.15 Å². The second-order valence-electron chi connectivity index (χ2n) is 6.82. The van der Waals surface area contributed by atoms with E-state index in [0.717, 1.165) is 19.3 Å². The Bertz CT molecular complexity index is 1090. The molecular weight excluding hydrogens is 328 g/mol. The van der Waals surface area contributed by atoms with Crippen LogP contribution in [0.15, 0.2) is 45.6 Å². The molecule has 4 rings (SSSR count). The van der Waals surface area contributed by atoms with Crippen LogP contribution in [0.4, 0.5) is 0 Å². The highest BCUT2D eigenvalue weighted by Gasteiger charge is 2.26. The minimum atomic E-state index is -0.912. The molecule has 1 aliphatic rings. The molecule has 4 heteroatoms. The van der Waals surface area contributed by atoms with Gasteiger partial charge in [0, 0.05) is 5.56 Å². The summed E-state index contributed by atoms with van der Waals surface area (Å²) in [5.41, 5.74) is 0.649. The third kappa shape index (κ3) is 2.95. The highest BCUT2D eigenvalue weighted by atomic mass is 16.5. The van der Waals surface area contributed by atoms with Crippen molar-refractivity contribution in [3.05, 3.63) is 52.2 Å². The van der Waals surface area contributed by atoms with E-state index in [9.17, 15) is 9.90 Å². The minimum Gasteiger partial charge on any atom is -0.496 e. The molecule has 0 spiro atoms. The molecule has 1 heterocycles. The largest absolute Gasteiger partial charge is 0.496 e. The van der Waals surface area contributed by atoms with E-state index in [-0.39, 0.29) is 5.43 Å². The number of benzene rings is 2. The predicted molar refractivity (Wildman–Crippen MR) is 101 cm³/mol. The van der Waals surface area contributed by atoms with Crippen LogP contribution in [0.3, 0.4) is 0 Å². The Labute approximate surface area is 151 Å². The zero-order valence-electron chi connectivity index (χ0n) is 14.7. The van der Waals surface area contributed by atoms with Crippen molar-refractivity contribution < 1.29 is 14.3 Å². The summed E-state index contributed by atoms with van der Waals surface area (Å²) in [5.74, 6) is 6.54. The smallest absolute Gasteiger partial charge is 0.204 e. The Balaban J connectivity index is 1.84. The summed E-state index contributed by atoms with van der Waals surface area (Å²) in [6.45, 7) is 0. The van der Waals surface area contributed by atoms with Crippen LogP contribution in [0.25, 0.3) is 21.9 Å². The van der Waals surface area contributed by atoms with Crippen molar-refractivity contribution in [2.45, 2.75) is 37.7 Å². The summed E-state index contributed by atoms with van der Waals surface area (Å²) in [6.07, 6.45) is 4.56. The number of methoxy groups -OCH3 is 1. The fourth-order valence-electron chi connectivity index (χ4n) is 3.57. The average molecular weight is 348 g/mol. The van der Waals surface area contributed by atoms with E-state index >= 15 is 0 Å². The molecule has 3 aromatic rings. The molecule has 0 atom stereocenters. The number of aliphatic hydroxyl groups is 1. The summed E-state index contributed by atoms with van der Waals surface area (Å²) in [5, 5.41) is 11.4. The zero-order valence-corrected chi connectivity index (χ0v) is 14.7. The third-order valence-corrected chi connectivity index (χ3v) is 5.00. The number of ether oxygens (including phenoxy) is 1. The molecule has 0 bridgehead atoms. The highest BCUT2D eigenvalue weighted by Crippen LogP contribution is 2.28. The van der Waals surface area contributed by atoms with Gasteiger partial charge in [0.25, 0.3) is 0 Å². The maximum Gasteiger partial charge on any atom is 0.204 e. The summed E-state index contributed by atoms with van der Waals surface area (Å²) in [6, 6.07) is 10.6. The molecule has 1 saturated carbocycles. The van der Waals surface area contributed by atoms with E-state index in [1.54, 1.807) is 30.3 Å². The number of fused-ring (bicyclic) bond motifs is 2. The van der Waals surface area contributed by atoms with Crippen molar-refractivity contribution in [3.8, 4) is 17.6 Å². The lowest BCUT2D eigenvalue weighted by molar-refractivity contribution is 0.0610. The zero-order chi connectivity index (χ0) is 18.1. The standard InChI is InChI=1S/C22H20O4/c1-25-18-6-5-7-19-20(18)21(23)16-14-15(8-9-17(16)26-19)10-13-22(24)11-3-2-4-12-22/h5-9,14,24H,2-4,11-12H2,1H3. The fourth-order valence-corrected chi connectivity index (χ4v) is 3.57. The Morgan fingerprint density at radius 1 is 1.12 bits per heavy atom. The van der Waals surface area contributed by atoms with Crippen LogP contribution in [0.1, 0.15) is 37.7 Å². The molecule has 0 saturated heterocycles. The van der Waals surface area contributed by atoms with Crippen LogP contribution in [0.2, 0.25) is 0 Å². The minimum absolute atomic E-state index is 0.140. The topological polar surface area (TPSA) is 59.7 Å². The monoisotopic (exact) mass is 348 g/mol. The van der Waals surface area contributed by atoms with Crippen molar-refractivity contribution in [3.63, 3.8) is 0 Å². The molecule has 1 N–H and O–H groups in total. The normalized spacial score (nSPS) is 16.2. The predicted octanol–water partition coefficient (Wildman–Crippen LogP) is 4.00.